The molecular formula is C29H32F3N5O5. The van der Waals surface area contributed by atoms with E-state index in [0.29, 0.717) is 19.0 Å². The Bertz CT molecular complexity index is 1420. The summed E-state index contributed by atoms with van der Waals surface area (Å²) in [5, 5.41) is 8.59. The molecule has 0 bridgehead atoms. The minimum absolute atomic E-state index is 0.102. The fourth-order valence-electron chi connectivity index (χ4n) is 4.06. The molecule has 0 radical (unpaired) electrons. The number of ether oxygens (including phenoxy) is 3. The van der Waals surface area contributed by atoms with Gasteiger partial charge in [0.2, 0.25) is 12.0 Å². The van der Waals surface area contributed by atoms with Crippen molar-refractivity contribution in [3.8, 4) is 11.6 Å². The van der Waals surface area contributed by atoms with Gasteiger partial charge >= 0.3 is 12.1 Å². The van der Waals surface area contributed by atoms with E-state index in [4.69, 9.17) is 14.2 Å². The van der Waals surface area contributed by atoms with Crippen molar-refractivity contribution in [1.82, 2.24) is 15.3 Å². The number of rotatable bonds is 10. The summed E-state index contributed by atoms with van der Waals surface area (Å²) in [6, 6.07) is 9.32. The molecule has 1 fully saturated rings. The second-order valence-electron chi connectivity index (χ2n) is 10.6. The molecule has 3 aromatic rings. The van der Waals surface area contributed by atoms with Crippen LogP contribution in [0.5, 0.6) is 11.6 Å². The van der Waals surface area contributed by atoms with Crippen LogP contribution >= 0.6 is 0 Å². The third-order valence-corrected chi connectivity index (χ3v) is 6.16. The summed E-state index contributed by atoms with van der Waals surface area (Å²) in [5.74, 6) is -1.28. The van der Waals surface area contributed by atoms with E-state index in [0.717, 1.165) is 17.7 Å². The number of pyridine rings is 2. The number of benzene rings is 1. The van der Waals surface area contributed by atoms with Crippen LogP contribution in [0.25, 0.3) is 0 Å². The van der Waals surface area contributed by atoms with E-state index in [-0.39, 0.29) is 35.3 Å². The van der Waals surface area contributed by atoms with Crippen LogP contribution in [0.3, 0.4) is 0 Å². The second-order valence-corrected chi connectivity index (χ2v) is 10.6. The Morgan fingerprint density at radius 3 is 2.48 bits per heavy atom. The van der Waals surface area contributed by atoms with E-state index in [9.17, 15) is 22.8 Å². The summed E-state index contributed by atoms with van der Waals surface area (Å²) in [6.07, 6.45) is -2.83. The second kappa shape index (κ2) is 12.6. The van der Waals surface area contributed by atoms with Gasteiger partial charge in [0.25, 0.3) is 5.91 Å². The summed E-state index contributed by atoms with van der Waals surface area (Å²) in [5.41, 5.74) is -1.14. The van der Waals surface area contributed by atoms with Crippen molar-refractivity contribution in [2.45, 2.75) is 45.2 Å². The van der Waals surface area contributed by atoms with E-state index >= 15 is 0 Å². The Balaban J connectivity index is 1.57. The van der Waals surface area contributed by atoms with Crippen LogP contribution < -0.4 is 25.4 Å². The summed E-state index contributed by atoms with van der Waals surface area (Å²) >= 11 is 0. The van der Waals surface area contributed by atoms with Gasteiger partial charge in [-0.05, 0) is 56.7 Å². The maximum absolute atomic E-state index is 13.8. The number of amides is 1. The highest BCUT2D eigenvalue weighted by molar-refractivity contribution is 6.07. The van der Waals surface area contributed by atoms with Crippen LogP contribution in [-0.2, 0) is 22.3 Å². The van der Waals surface area contributed by atoms with Crippen LogP contribution in [-0.4, -0.2) is 53.7 Å². The highest BCUT2D eigenvalue weighted by atomic mass is 19.4. The summed E-state index contributed by atoms with van der Waals surface area (Å²) in [6.45, 7) is 6.22. The molecule has 1 atom stereocenters. The van der Waals surface area contributed by atoms with Gasteiger partial charge in [0.1, 0.15) is 17.2 Å². The lowest BCUT2D eigenvalue weighted by Crippen LogP contribution is -2.54. The fraction of sp³-hybridized carbons (Fsp3) is 0.379. The number of hydrogen-bond donors (Lipinski definition) is 3. The van der Waals surface area contributed by atoms with Gasteiger partial charge in [-0.2, -0.15) is 13.2 Å². The predicted octanol–water partition coefficient (Wildman–Crippen LogP) is 4.68. The number of aromatic nitrogens is 2. The fourth-order valence-corrected chi connectivity index (χ4v) is 4.06. The zero-order valence-corrected chi connectivity index (χ0v) is 23.5. The quantitative estimate of drug-likeness (QED) is 0.290. The number of esters is 1. The number of carbonyl (C=O) groups is 2. The Labute approximate surface area is 241 Å². The topological polar surface area (TPSA) is 124 Å². The van der Waals surface area contributed by atoms with Crippen LogP contribution in [0.2, 0.25) is 0 Å². The molecule has 0 spiro atoms. The number of nitrogens with zero attached hydrogens (tertiary/aromatic N) is 2. The molecule has 1 aliphatic rings. The minimum Gasteiger partial charge on any atom is -0.481 e. The van der Waals surface area contributed by atoms with Gasteiger partial charge < -0.3 is 30.2 Å². The molecule has 0 saturated carbocycles. The van der Waals surface area contributed by atoms with Gasteiger partial charge in [0.15, 0.2) is 0 Å². The standard InChI is InChI=1S/C29H32F3N5O5/c1-28(2,3)42-27(39)24(18-15-33-16-18)41-21-12-19(29(30,31)32)11-20(13-21)37-26(38)22-6-5-8-35-25(22)36-14-17-7-9-34-23(10-17)40-4/h5-13,18,24,33H,14-16H2,1-4H3,(H,35,36)(H,37,38). The molecule has 13 heteroatoms. The Morgan fingerprint density at radius 1 is 1.07 bits per heavy atom. The Kier molecular flexibility index (Phi) is 9.20. The van der Waals surface area contributed by atoms with Crippen molar-refractivity contribution < 1.29 is 37.0 Å². The first-order chi connectivity index (χ1) is 19.8. The molecule has 224 valence electrons. The van der Waals surface area contributed by atoms with E-state index in [1.54, 1.807) is 39.1 Å². The highest BCUT2D eigenvalue weighted by Gasteiger charge is 2.38. The van der Waals surface area contributed by atoms with Crippen LogP contribution in [0.4, 0.5) is 24.7 Å². The van der Waals surface area contributed by atoms with Crippen molar-refractivity contribution in [2.75, 3.05) is 30.8 Å². The van der Waals surface area contributed by atoms with Gasteiger partial charge in [-0.1, -0.05) is 0 Å². The van der Waals surface area contributed by atoms with Gasteiger partial charge in [-0.3, -0.25) is 4.79 Å². The van der Waals surface area contributed by atoms with Gasteiger partial charge in [-0.25, -0.2) is 14.8 Å². The maximum atomic E-state index is 13.8. The largest absolute Gasteiger partial charge is 0.481 e. The molecule has 0 aliphatic carbocycles. The van der Waals surface area contributed by atoms with Gasteiger partial charge in [0, 0.05) is 55.8 Å². The van der Waals surface area contributed by atoms with E-state index in [1.807, 2.05) is 0 Å². The number of anilines is 2. The summed E-state index contributed by atoms with van der Waals surface area (Å²) in [4.78, 5) is 34.4. The minimum atomic E-state index is -4.75. The third-order valence-electron chi connectivity index (χ3n) is 6.16. The van der Waals surface area contributed by atoms with Crippen LogP contribution in [0, 0.1) is 5.92 Å². The molecule has 4 rings (SSSR count). The van der Waals surface area contributed by atoms with Crippen molar-refractivity contribution in [1.29, 1.82) is 0 Å². The SMILES string of the molecule is COc1cc(CNc2ncccc2C(=O)Nc2cc(OC(C(=O)OC(C)(C)C)C3CNC3)cc(C(F)(F)F)c2)ccn1. The number of methoxy groups -OCH3 is 1. The molecule has 10 nitrogen and oxygen atoms in total. The van der Waals surface area contributed by atoms with Crippen LogP contribution in [0.1, 0.15) is 42.3 Å². The lowest BCUT2D eigenvalue weighted by atomic mass is 9.96. The van der Waals surface area contributed by atoms with Crippen molar-refractivity contribution in [2.24, 2.45) is 5.92 Å². The predicted molar refractivity (Wildman–Crippen MR) is 148 cm³/mol. The molecule has 1 amide bonds. The molecule has 1 unspecified atom stereocenters. The molecule has 1 aromatic carbocycles. The highest BCUT2D eigenvalue weighted by Crippen LogP contribution is 2.35. The molecule has 2 aromatic heterocycles. The normalized spacial score (nSPS) is 14.4. The third kappa shape index (κ3) is 8.09. The number of carbonyl (C=O) groups excluding carboxylic acids is 2. The average Bonchev–Trinajstić information content (AvgIpc) is 2.89. The zero-order chi connectivity index (χ0) is 30.5. The molecule has 1 saturated heterocycles. The molecule has 3 heterocycles. The lowest BCUT2D eigenvalue weighted by molar-refractivity contribution is -0.167. The molecule has 1 aliphatic heterocycles. The van der Waals surface area contributed by atoms with Gasteiger partial charge in [0.05, 0.1) is 18.2 Å². The maximum Gasteiger partial charge on any atom is 0.416 e. The van der Waals surface area contributed by atoms with Crippen molar-refractivity contribution in [3.63, 3.8) is 0 Å². The average molecular weight is 588 g/mol. The van der Waals surface area contributed by atoms with E-state index < -0.39 is 35.3 Å². The van der Waals surface area contributed by atoms with Crippen LogP contribution in [0.15, 0.2) is 54.9 Å². The first-order valence-corrected chi connectivity index (χ1v) is 13.1. The van der Waals surface area contributed by atoms with Crippen molar-refractivity contribution >= 4 is 23.4 Å². The monoisotopic (exact) mass is 587 g/mol. The molecule has 3 N–H and O–H groups in total. The zero-order valence-electron chi connectivity index (χ0n) is 23.5. The first kappa shape index (κ1) is 30.6. The number of halogens is 3. The number of alkyl halides is 3. The molecular weight excluding hydrogens is 555 g/mol. The lowest BCUT2D eigenvalue weighted by Gasteiger charge is -2.35. The Morgan fingerprint density at radius 2 is 1.83 bits per heavy atom. The molecule has 42 heavy (non-hydrogen) atoms. The summed E-state index contributed by atoms with van der Waals surface area (Å²) < 4.78 is 57.9. The number of nitrogens with one attached hydrogen (secondary N) is 3. The number of hydrogen-bond acceptors (Lipinski definition) is 9. The Hall–Kier alpha value is -4.39. The van der Waals surface area contributed by atoms with E-state index in [1.165, 1.54) is 31.5 Å². The smallest absolute Gasteiger partial charge is 0.416 e. The van der Waals surface area contributed by atoms with Gasteiger partial charge in [-0.15, -0.1) is 0 Å². The van der Waals surface area contributed by atoms with Crippen molar-refractivity contribution in [3.05, 3.63) is 71.5 Å². The summed E-state index contributed by atoms with van der Waals surface area (Å²) in [7, 11) is 1.49. The van der Waals surface area contributed by atoms with E-state index in [2.05, 4.69) is 25.9 Å². The first-order valence-electron chi connectivity index (χ1n) is 13.1.